The zero-order valence-electron chi connectivity index (χ0n) is 14.2. The van der Waals surface area contributed by atoms with E-state index in [0.717, 1.165) is 22.4 Å². The molecule has 0 radical (unpaired) electrons. The molecule has 6 heteroatoms. The molecule has 0 saturated carbocycles. The minimum atomic E-state index is -0.315. The number of hydrogen-bond acceptors (Lipinski definition) is 4. The van der Waals surface area contributed by atoms with Crippen LogP contribution in [0.1, 0.15) is 5.56 Å². The van der Waals surface area contributed by atoms with Crippen molar-refractivity contribution < 1.29 is 13.9 Å². The molecule has 4 rings (SSSR count). The third-order valence-corrected chi connectivity index (χ3v) is 4.30. The molecule has 0 bridgehead atoms. The highest BCUT2D eigenvalue weighted by atomic mass is 19.1. The zero-order chi connectivity index (χ0) is 18.1. The predicted octanol–water partition coefficient (Wildman–Crippen LogP) is 3.20. The smallest absolute Gasteiger partial charge is 0.300 e. The fourth-order valence-corrected chi connectivity index (χ4v) is 2.95. The first-order valence-electron chi connectivity index (χ1n) is 8.32. The van der Waals surface area contributed by atoms with Crippen molar-refractivity contribution in [2.24, 2.45) is 0 Å². The molecule has 0 fully saturated rings. The fourth-order valence-electron chi connectivity index (χ4n) is 2.95. The van der Waals surface area contributed by atoms with Crippen LogP contribution in [0, 0.1) is 12.7 Å². The van der Waals surface area contributed by atoms with E-state index in [1.165, 1.54) is 18.2 Å². The largest absolute Gasteiger partial charge is 0.489 e. The van der Waals surface area contributed by atoms with E-state index in [2.05, 4.69) is 4.98 Å². The summed E-state index contributed by atoms with van der Waals surface area (Å²) in [5.41, 5.74) is 2.62. The highest BCUT2D eigenvalue weighted by Gasteiger charge is 2.23. The third-order valence-electron chi connectivity index (χ3n) is 4.30. The number of halogens is 1. The van der Waals surface area contributed by atoms with Crippen LogP contribution in [-0.2, 0) is 6.54 Å². The van der Waals surface area contributed by atoms with Gasteiger partial charge in [-0.3, -0.25) is 9.36 Å². The van der Waals surface area contributed by atoms with Crippen molar-refractivity contribution in [2.45, 2.75) is 19.6 Å². The standard InChI is InChI=1S/C20H17FN2O3/c1-13-10-15(14-2-5-16(21)6-3-14)4-7-18(13)25-12-17-11-23-9-8-19(24)22-20(23)26-17/h2-10,17H,11-12H2,1H3/t17-/m0/s1. The summed E-state index contributed by atoms with van der Waals surface area (Å²) >= 11 is 0. The average Bonchev–Trinajstić information content (AvgIpc) is 3.03. The summed E-state index contributed by atoms with van der Waals surface area (Å²) in [6.07, 6.45) is 1.48. The number of benzene rings is 2. The molecule has 1 atom stereocenters. The molecule has 0 saturated heterocycles. The molecular formula is C20H17FN2O3. The Morgan fingerprint density at radius 1 is 1.19 bits per heavy atom. The molecular weight excluding hydrogens is 335 g/mol. The number of ether oxygens (including phenoxy) is 2. The predicted molar refractivity (Wildman–Crippen MR) is 95.0 cm³/mol. The van der Waals surface area contributed by atoms with Crippen LogP contribution >= 0.6 is 0 Å². The van der Waals surface area contributed by atoms with Crippen LogP contribution < -0.4 is 15.0 Å². The van der Waals surface area contributed by atoms with Crippen LogP contribution in [0.5, 0.6) is 11.8 Å². The van der Waals surface area contributed by atoms with Gasteiger partial charge in [-0.15, -0.1) is 0 Å². The van der Waals surface area contributed by atoms with Gasteiger partial charge in [-0.1, -0.05) is 18.2 Å². The van der Waals surface area contributed by atoms with Gasteiger partial charge in [0.2, 0.25) is 0 Å². The lowest BCUT2D eigenvalue weighted by atomic mass is 10.0. The quantitative estimate of drug-likeness (QED) is 0.724. The van der Waals surface area contributed by atoms with Gasteiger partial charge in [-0.2, -0.15) is 4.98 Å². The maximum absolute atomic E-state index is 13.1. The number of aryl methyl sites for hydroxylation is 1. The Balaban J connectivity index is 1.43. The van der Waals surface area contributed by atoms with Gasteiger partial charge >= 0.3 is 0 Å². The first-order chi connectivity index (χ1) is 12.6. The molecule has 0 unspecified atom stereocenters. The van der Waals surface area contributed by atoms with Gasteiger partial charge in [0.15, 0.2) is 6.10 Å². The maximum atomic E-state index is 13.1. The summed E-state index contributed by atoms with van der Waals surface area (Å²) < 4.78 is 26.4. The van der Waals surface area contributed by atoms with Crippen molar-refractivity contribution in [1.29, 1.82) is 0 Å². The molecule has 5 nitrogen and oxygen atoms in total. The van der Waals surface area contributed by atoms with Gasteiger partial charge < -0.3 is 9.47 Å². The van der Waals surface area contributed by atoms with Crippen LogP contribution in [0.2, 0.25) is 0 Å². The molecule has 1 aliphatic rings. The van der Waals surface area contributed by atoms with Crippen molar-refractivity contribution in [2.75, 3.05) is 6.61 Å². The fraction of sp³-hybridized carbons (Fsp3) is 0.200. The topological polar surface area (TPSA) is 53.4 Å². The van der Waals surface area contributed by atoms with Crippen molar-refractivity contribution in [3.63, 3.8) is 0 Å². The second kappa shape index (κ2) is 6.63. The molecule has 132 valence electrons. The van der Waals surface area contributed by atoms with Crippen LogP contribution in [-0.4, -0.2) is 22.3 Å². The Morgan fingerprint density at radius 3 is 2.73 bits per heavy atom. The average molecular weight is 352 g/mol. The summed E-state index contributed by atoms with van der Waals surface area (Å²) in [7, 11) is 0. The molecule has 26 heavy (non-hydrogen) atoms. The van der Waals surface area contributed by atoms with E-state index in [9.17, 15) is 9.18 Å². The summed E-state index contributed by atoms with van der Waals surface area (Å²) in [4.78, 5) is 15.1. The lowest BCUT2D eigenvalue weighted by Gasteiger charge is -2.14. The van der Waals surface area contributed by atoms with Gasteiger partial charge in [-0.25, -0.2) is 4.39 Å². The molecule has 1 aromatic heterocycles. The van der Waals surface area contributed by atoms with E-state index in [4.69, 9.17) is 9.47 Å². The van der Waals surface area contributed by atoms with Gasteiger partial charge in [0.1, 0.15) is 18.2 Å². The Hall–Kier alpha value is -3.15. The summed E-state index contributed by atoms with van der Waals surface area (Å²) in [6, 6.07) is 14.0. The van der Waals surface area contributed by atoms with E-state index in [1.54, 1.807) is 22.9 Å². The van der Waals surface area contributed by atoms with Crippen LogP contribution in [0.4, 0.5) is 4.39 Å². The van der Waals surface area contributed by atoms with Crippen LogP contribution in [0.15, 0.2) is 59.5 Å². The van der Waals surface area contributed by atoms with E-state index in [-0.39, 0.29) is 17.5 Å². The highest BCUT2D eigenvalue weighted by Crippen LogP contribution is 2.27. The van der Waals surface area contributed by atoms with Gasteiger partial charge in [0.05, 0.1) is 6.54 Å². The third kappa shape index (κ3) is 3.31. The lowest BCUT2D eigenvalue weighted by Crippen LogP contribution is -2.23. The number of aromatic nitrogens is 2. The van der Waals surface area contributed by atoms with E-state index < -0.39 is 0 Å². The monoisotopic (exact) mass is 352 g/mol. The molecule has 0 spiro atoms. The second-order valence-corrected chi connectivity index (χ2v) is 6.24. The SMILES string of the molecule is Cc1cc(-c2ccc(F)cc2)ccc1OC[C@@H]1Cn2ccc(=O)nc2O1. The summed E-state index contributed by atoms with van der Waals surface area (Å²) in [6.45, 7) is 2.91. The highest BCUT2D eigenvalue weighted by molar-refractivity contribution is 5.65. The lowest BCUT2D eigenvalue weighted by molar-refractivity contribution is 0.143. The summed E-state index contributed by atoms with van der Waals surface area (Å²) in [5.74, 6) is 0.511. The van der Waals surface area contributed by atoms with Crippen LogP contribution in [0.25, 0.3) is 11.1 Å². The second-order valence-electron chi connectivity index (χ2n) is 6.24. The molecule has 2 heterocycles. The Kier molecular flexibility index (Phi) is 4.16. The number of nitrogens with zero attached hydrogens (tertiary/aromatic N) is 2. The minimum absolute atomic E-state index is 0.194. The normalized spacial score (nSPS) is 15.4. The van der Waals surface area contributed by atoms with Crippen molar-refractivity contribution in [3.8, 4) is 22.9 Å². The van der Waals surface area contributed by atoms with Gasteiger partial charge in [0, 0.05) is 12.3 Å². The van der Waals surface area contributed by atoms with E-state index in [0.29, 0.717) is 19.2 Å². The van der Waals surface area contributed by atoms with Crippen molar-refractivity contribution in [1.82, 2.24) is 9.55 Å². The van der Waals surface area contributed by atoms with Crippen LogP contribution in [0.3, 0.4) is 0 Å². The van der Waals surface area contributed by atoms with Gasteiger partial charge in [0.25, 0.3) is 11.6 Å². The maximum Gasteiger partial charge on any atom is 0.300 e. The Bertz CT molecular complexity index is 999. The first-order valence-corrected chi connectivity index (χ1v) is 8.32. The molecule has 1 aliphatic heterocycles. The van der Waals surface area contributed by atoms with Crippen molar-refractivity contribution in [3.05, 3.63) is 76.5 Å². The molecule has 2 aromatic carbocycles. The minimum Gasteiger partial charge on any atom is -0.489 e. The van der Waals surface area contributed by atoms with E-state index in [1.807, 2.05) is 25.1 Å². The Labute approximate surface area is 149 Å². The zero-order valence-corrected chi connectivity index (χ0v) is 14.2. The number of rotatable bonds is 4. The molecule has 0 amide bonds. The molecule has 0 N–H and O–H groups in total. The van der Waals surface area contributed by atoms with Crippen molar-refractivity contribution >= 4 is 0 Å². The molecule has 3 aromatic rings. The molecule has 0 aliphatic carbocycles. The number of fused-ring (bicyclic) bond motifs is 1. The van der Waals surface area contributed by atoms with E-state index >= 15 is 0 Å². The number of hydrogen-bond donors (Lipinski definition) is 0. The first kappa shape index (κ1) is 16.3. The summed E-state index contributed by atoms with van der Waals surface area (Å²) in [5, 5.41) is 0. The Morgan fingerprint density at radius 2 is 1.96 bits per heavy atom. The van der Waals surface area contributed by atoms with Gasteiger partial charge in [-0.05, 0) is 47.9 Å².